The van der Waals surface area contributed by atoms with E-state index in [1.807, 2.05) is 11.0 Å². The van der Waals surface area contributed by atoms with Crippen LogP contribution < -0.4 is 4.74 Å². The molecule has 1 aromatic rings. The Labute approximate surface area is 109 Å². The van der Waals surface area contributed by atoms with Crippen LogP contribution in [0.25, 0.3) is 0 Å². The molecule has 2 rings (SSSR count). The zero-order valence-electron chi connectivity index (χ0n) is 11.2. The number of rotatable bonds is 5. The van der Waals surface area contributed by atoms with Crippen LogP contribution in [0.5, 0.6) is 5.75 Å². The minimum atomic E-state index is 0.305. The number of hydrogen-bond acceptors (Lipinski definition) is 2. The highest BCUT2D eigenvalue weighted by Crippen LogP contribution is 2.21. The van der Waals surface area contributed by atoms with Gasteiger partial charge in [0.05, 0.1) is 7.11 Å². The highest BCUT2D eigenvalue weighted by Gasteiger charge is 2.19. The fourth-order valence-corrected chi connectivity index (χ4v) is 2.47. The lowest BCUT2D eigenvalue weighted by atomic mass is 10.1. The summed E-state index contributed by atoms with van der Waals surface area (Å²) in [4.78, 5) is 13.5. The number of hydrogen-bond donors (Lipinski definition) is 0. The van der Waals surface area contributed by atoms with Gasteiger partial charge in [-0.2, -0.15) is 0 Å². The second-order valence-corrected chi connectivity index (χ2v) is 4.73. The van der Waals surface area contributed by atoms with Gasteiger partial charge in [-0.25, -0.2) is 0 Å². The average molecular weight is 247 g/mol. The topological polar surface area (TPSA) is 29.5 Å². The van der Waals surface area contributed by atoms with E-state index in [2.05, 4.69) is 19.1 Å². The minimum Gasteiger partial charge on any atom is -0.496 e. The van der Waals surface area contributed by atoms with Gasteiger partial charge in [0.2, 0.25) is 5.91 Å². The molecule has 1 aliphatic rings. The molecule has 0 bridgehead atoms. The van der Waals surface area contributed by atoms with Gasteiger partial charge in [-0.1, -0.05) is 19.1 Å². The lowest BCUT2D eigenvalue weighted by Crippen LogP contribution is -2.26. The van der Waals surface area contributed by atoms with Gasteiger partial charge in [0, 0.05) is 19.5 Å². The molecule has 0 spiro atoms. The maximum Gasteiger partial charge on any atom is 0.222 e. The quantitative estimate of drug-likeness (QED) is 0.799. The summed E-state index contributed by atoms with van der Waals surface area (Å²) >= 11 is 0. The Bertz CT molecular complexity index is 429. The fraction of sp³-hybridized carbons (Fsp3) is 0.533. The molecular weight excluding hydrogens is 226 g/mol. The molecule has 0 aliphatic carbocycles. The predicted molar refractivity (Wildman–Crippen MR) is 71.9 cm³/mol. The van der Waals surface area contributed by atoms with Crippen molar-refractivity contribution in [1.29, 1.82) is 0 Å². The van der Waals surface area contributed by atoms with Crippen LogP contribution in [0, 0.1) is 0 Å². The first-order valence-corrected chi connectivity index (χ1v) is 6.68. The number of methoxy groups -OCH3 is 1. The summed E-state index contributed by atoms with van der Waals surface area (Å²) in [6.07, 6.45) is 3.65. The Kier molecular flexibility index (Phi) is 4.24. The van der Waals surface area contributed by atoms with Crippen molar-refractivity contribution >= 4 is 5.91 Å². The average Bonchev–Trinajstić information content (AvgIpc) is 2.81. The lowest BCUT2D eigenvalue weighted by Gasteiger charge is -2.16. The summed E-state index contributed by atoms with van der Waals surface area (Å²) in [5.74, 6) is 1.26. The van der Waals surface area contributed by atoms with Gasteiger partial charge < -0.3 is 9.64 Å². The highest BCUT2D eigenvalue weighted by molar-refractivity contribution is 5.78. The molecule has 0 N–H and O–H groups in total. The molecule has 18 heavy (non-hydrogen) atoms. The van der Waals surface area contributed by atoms with Gasteiger partial charge >= 0.3 is 0 Å². The Hall–Kier alpha value is -1.51. The summed E-state index contributed by atoms with van der Waals surface area (Å²) in [7, 11) is 1.71. The zero-order chi connectivity index (χ0) is 13.0. The van der Waals surface area contributed by atoms with Crippen LogP contribution in [-0.4, -0.2) is 31.0 Å². The van der Waals surface area contributed by atoms with E-state index in [-0.39, 0.29) is 0 Å². The molecule has 0 atom stereocenters. The normalized spacial score (nSPS) is 15.2. The lowest BCUT2D eigenvalue weighted by molar-refractivity contribution is -0.127. The number of nitrogens with zero attached hydrogens (tertiary/aromatic N) is 1. The van der Waals surface area contributed by atoms with E-state index >= 15 is 0 Å². The third kappa shape index (κ3) is 2.84. The van der Waals surface area contributed by atoms with Gasteiger partial charge in [-0.05, 0) is 36.5 Å². The number of carbonyl (C=O) groups is 1. The number of amides is 1. The molecule has 1 fully saturated rings. The van der Waals surface area contributed by atoms with Gasteiger partial charge in [0.1, 0.15) is 5.75 Å². The van der Waals surface area contributed by atoms with Crippen LogP contribution >= 0.6 is 0 Å². The summed E-state index contributed by atoms with van der Waals surface area (Å²) in [6, 6.07) is 6.32. The van der Waals surface area contributed by atoms with Crippen molar-refractivity contribution in [3.05, 3.63) is 29.3 Å². The monoisotopic (exact) mass is 247 g/mol. The molecule has 1 aliphatic heterocycles. The van der Waals surface area contributed by atoms with Gasteiger partial charge in [-0.15, -0.1) is 0 Å². The highest BCUT2D eigenvalue weighted by atomic mass is 16.5. The number of aryl methyl sites for hydroxylation is 1. The molecular formula is C15H21NO2. The maximum atomic E-state index is 11.5. The summed E-state index contributed by atoms with van der Waals surface area (Å²) < 4.78 is 5.32. The van der Waals surface area contributed by atoms with Crippen LogP contribution in [0.15, 0.2) is 18.2 Å². The SMILES string of the molecule is CCc1cc(CCN2CCCC2=O)ccc1OC. The van der Waals surface area contributed by atoms with Crippen LogP contribution in [0.3, 0.4) is 0 Å². The van der Waals surface area contributed by atoms with Crippen molar-refractivity contribution < 1.29 is 9.53 Å². The Morgan fingerprint density at radius 3 is 2.83 bits per heavy atom. The molecule has 98 valence electrons. The molecule has 0 radical (unpaired) electrons. The number of benzene rings is 1. The summed E-state index contributed by atoms with van der Waals surface area (Å²) in [5, 5.41) is 0. The predicted octanol–water partition coefficient (Wildman–Crippen LogP) is 2.42. The zero-order valence-corrected chi connectivity index (χ0v) is 11.2. The van der Waals surface area contributed by atoms with E-state index in [1.165, 1.54) is 11.1 Å². The first-order valence-electron chi connectivity index (χ1n) is 6.68. The molecule has 1 amide bonds. The van der Waals surface area contributed by atoms with Crippen LogP contribution in [0.4, 0.5) is 0 Å². The molecule has 3 heteroatoms. The summed E-state index contributed by atoms with van der Waals surface area (Å²) in [6.45, 7) is 3.90. The Balaban J connectivity index is 1.99. The molecule has 0 aromatic heterocycles. The van der Waals surface area contributed by atoms with Crippen molar-refractivity contribution in [2.45, 2.75) is 32.6 Å². The second kappa shape index (κ2) is 5.89. The molecule has 1 aromatic carbocycles. The first-order chi connectivity index (χ1) is 8.74. The molecule has 0 saturated carbocycles. The van der Waals surface area contributed by atoms with Gasteiger partial charge in [0.15, 0.2) is 0 Å². The van der Waals surface area contributed by atoms with Crippen LogP contribution in [0.2, 0.25) is 0 Å². The number of likely N-dealkylation sites (tertiary alicyclic amines) is 1. The molecule has 1 heterocycles. The van der Waals surface area contributed by atoms with E-state index in [0.29, 0.717) is 5.91 Å². The van der Waals surface area contributed by atoms with Crippen molar-refractivity contribution in [1.82, 2.24) is 4.90 Å². The Morgan fingerprint density at radius 1 is 1.39 bits per heavy atom. The van der Waals surface area contributed by atoms with Gasteiger partial charge in [-0.3, -0.25) is 4.79 Å². The maximum absolute atomic E-state index is 11.5. The van der Waals surface area contributed by atoms with Crippen LogP contribution in [-0.2, 0) is 17.6 Å². The number of ether oxygens (including phenoxy) is 1. The van der Waals surface area contributed by atoms with E-state index in [0.717, 1.165) is 44.5 Å². The van der Waals surface area contributed by atoms with E-state index in [1.54, 1.807) is 7.11 Å². The smallest absolute Gasteiger partial charge is 0.222 e. The largest absolute Gasteiger partial charge is 0.496 e. The van der Waals surface area contributed by atoms with Crippen molar-refractivity contribution in [3.63, 3.8) is 0 Å². The first kappa shape index (κ1) is 12.9. The Morgan fingerprint density at radius 2 is 2.22 bits per heavy atom. The third-order valence-electron chi connectivity index (χ3n) is 3.57. The van der Waals surface area contributed by atoms with Crippen molar-refractivity contribution in [3.8, 4) is 5.75 Å². The standard InChI is InChI=1S/C15H21NO2/c1-3-13-11-12(6-7-14(13)18-2)8-10-16-9-4-5-15(16)17/h6-7,11H,3-5,8-10H2,1-2H3. The second-order valence-electron chi connectivity index (χ2n) is 4.73. The van der Waals surface area contributed by atoms with E-state index in [9.17, 15) is 4.79 Å². The number of carbonyl (C=O) groups excluding carboxylic acids is 1. The molecule has 3 nitrogen and oxygen atoms in total. The molecule has 0 unspecified atom stereocenters. The minimum absolute atomic E-state index is 0.305. The van der Waals surface area contributed by atoms with E-state index < -0.39 is 0 Å². The summed E-state index contributed by atoms with van der Waals surface area (Å²) in [5.41, 5.74) is 2.52. The van der Waals surface area contributed by atoms with Crippen molar-refractivity contribution in [2.24, 2.45) is 0 Å². The van der Waals surface area contributed by atoms with Crippen molar-refractivity contribution in [2.75, 3.05) is 20.2 Å². The fourth-order valence-electron chi connectivity index (χ4n) is 2.47. The third-order valence-corrected chi connectivity index (χ3v) is 3.57. The van der Waals surface area contributed by atoms with E-state index in [4.69, 9.17) is 4.74 Å². The van der Waals surface area contributed by atoms with Crippen LogP contribution in [0.1, 0.15) is 30.9 Å². The van der Waals surface area contributed by atoms with Gasteiger partial charge in [0.25, 0.3) is 0 Å². The molecule has 1 saturated heterocycles.